The molecule has 5 heteroatoms. The van der Waals surface area contributed by atoms with Gasteiger partial charge >= 0.3 is 5.97 Å². The van der Waals surface area contributed by atoms with Crippen molar-refractivity contribution in [3.8, 4) is 11.5 Å². The number of rotatable bonds is 9. The fourth-order valence-electron chi connectivity index (χ4n) is 3.26. The normalized spacial score (nSPS) is 10.7. The van der Waals surface area contributed by atoms with Crippen molar-refractivity contribution in [2.24, 2.45) is 0 Å². The molecule has 0 bridgehead atoms. The molecule has 0 fully saturated rings. The maximum Gasteiger partial charge on any atom is 0.342 e. The molecule has 2 aromatic carbocycles. The van der Waals surface area contributed by atoms with Crippen molar-refractivity contribution in [2.75, 3.05) is 6.61 Å². The van der Waals surface area contributed by atoms with Gasteiger partial charge < -0.3 is 14.9 Å². The molecule has 2 N–H and O–H groups in total. The van der Waals surface area contributed by atoms with Crippen LogP contribution >= 0.6 is 0 Å². The molecule has 0 saturated heterocycles. The number of hydrogen-bond acceptors (Lipinski definition) is 5. The lowest BCUT2D eigenvalue weighted by atomic mass is 9.90. The Morgan fingerprint density at radius 1 is 1.00 bits per heavy atom. The molecule has 0 aliphatic heterocycles. The molecule has 2 rings (SSSR count). The van der Waals surface area contributed by atoms with Gasteiger partial charge in [0.15, 0.2) is 5.78 Å². The van der Waals surface area contributed by atoms with Gasteiger partial charge in [-0.25, -0.2) is 4.79 Å². The van der Waals surface area contributed by atoms with Gasteiger partial charge in [0.25, 0.3) is 0 Å². The number of unbranched alkanes of at least 4 members (excludes halogenated alkanes) is 3. The molecule has 0 aliphatic carbocycles. The van der Waals surface area contributed by atoms with Crippen LogP contribution in [0.1, 0.15) is 76.9 Å². The monoisotopic (exact) mass is 384 g/mol. The Bertz CT molecular complexity index is 854. The number of carbonyl (C=O) groups excluding carboxylic acids is 2. The first-order chi connectivity index (χ1) is 13.4. The lowest BCUT2D eigenvalue weighted by molar-refractivity contribution is 0.0522. The average molecular weight is 384 g/mol. The van der Waals surface area contributed by atoms with E-state index in [9.17, 15) is 19.8 Å². The molecule has 0 atom stereocenters. The first-order valence-corrected chi connectivity index (χ1v) is 9.77. The molecule has 0 radical (unpaired) electrons. The zero-order valence-corrected chi connectivity index (χ0v) is 16.7. The maximum absolute atomic E-state index is 13.1. The number of phenols is 2. The van der Waals surface area contributed by atoms with Crippen molar-refractivity contribution >= 4 is 11.8 Å². The van der Waals surface area contributed by atoms with E-state index in [-0.39, 0.29) is 34.8 Å². The van der Waals surface area contributed by atoms with Gasteiger partial charge in [-0.15, -0.1) is 0 Å². The molecule has 5 nitrogen and oxygen atoms in total. The summed E-state index contributed by atoms with van der Waals surface area (Å²) in [7, 11) is 0. The van der Waals surface area contributed by atoms with Crippen LogP contribution in [0.4, 0.5) is 0 Å². The van der Waals surface area contributed by atoms with Crippen molar-refractivity contribution in [3.05, 3.63) is 58.1 Å². The Hall–Kier alpha value is -2.82. The van der Waals surface area contributed by atoms with Crippen LogP contribution in [0.3, 0.4) is 0 Å². The van der Waals surface area contributed by atoms with E-state index in [1.54, 1.807) is 32.0 Å². The predicted octanol–water partition coefficient (Wildman–Crippen LogP) is 4.94. The molecule has 28 heavy (non-hydrogen) atoms. The van der Waals surface area contributed by atoms with Crippen LogP contribution in [0.25, 0.3) is 0 Å². The molecule has 150 valence electrons. The van der Waals surface area contributed by atoms with Gasteiger partial charge in [0, 0.05) is 5.56 Å². The van der Waals surface area contributed by atoms with Crippen LogP contribution in [0.2, 0.25) is 0 Å². The second-order valence-electron chi connectivity index (χ2n) is 6.81. The van der Waals surface area contributed by atoms with E-state index < -0.39 is 11.8 Å². The minimum Gasteiger partial charge on any atom is -0.507 e. The first kappa shape index (κ1) is 21.5. The number of ketones is 1. The highest BCUT2D eigenvalue weighted by Crippen LogP contribution is 2.33. The van der Waals surface area contributed by atoms with E-state index in [0.717, 1.165) is 25.7 Å². The number of benzene rings is 2. The largest absolute Gasteiger partial charge is 0.507 e. The van der Waals surface area contributed by atoms with Crippen molar-refractivity contribution in [3.63, 3.8) is 0 Å². The van der Waals surface area contributed by atoms with Gasteiger partial charge in [0.1, 0.15) is 17.1 Å². The van der Waals surface area contributed by atoms with Crippen LogP contribution in [-0.4, -0.2) is 28.6 Å². The minimum absolute atomic E-state index is 0.0219. The number of aromatic hydroxyl groups is 2. The summed E-state index contributed by atoms with van der Waals surface area (Å²) in [6.45, 7) is 5.58. The zero-order chi connectivity index (χ0) is 20.7. The predicted molar refractivity (Wildman–Crippen MR) is 108 cm³/mol. The highest BCUT2D eigenvalue weighted by atomic mass is 16.5. The van der Waals surface area contributed by atoms with Gasteiger partial charge in [-0.1, -0.05) is 38.3 Å². The Morgan fingerprint density at radius 3 is 2.36 bits per heavy atom. The van der Waals surface area contributed by atoms with Crippen molar-refractivity contribution in [1.82, 2.24) is 0 Å². The number of para-hydroxylation sites is 1. The standard InChI is InChI=1S/C23H28O5/c1-4-6-7-8-11-16-14-18(22(26)17-12-9-10-13-19(17)24)15(3)20(21(16)25)23(27)28-5-2/h9-10,12-14,24-25H,4-8,11H2,1-3H3. The number of hydrogen-bond donors (Lipinski definition) is 2. The van der Waals surface area contributed by atoms with E-state index in [1.807, 2.05) is 0 Å². The molecule has 0 aliphatic rings. The zero-order valence-electron chi connectivity index (χ0n) is 16.7. The molecule has 0 heterocycles. The minimum atomic E-state index is -0.653. The van der Waals surface area contributed by atoms with Crippen LogP contribution in [0.5, 0.6) is 11.5 Å². The van der Waals surface area contributed by atoms with Gasteiger partial charge in [-0.3, -0.25) is 4.79 Å². The number of esters is 1. The van der Waals surface area contributed by atoms with Crippen molar-refractivity contribution < 1.29 is 24.5 Å². The Labute approximate surface area is 166 Å². The average Bonchev–Trinajstić information content (AvgIpc) is 2.67. The number of carbonyl (C=O) groups is 2. The summed E-state index contributed by atoms with van der Waals surface area (Å²) in [6.07, 6.45) is 4.57. The second kappa shape index (κ2) is 9.93. The van der Waals surface area contributed by atoms with Gasteiger partial charge in [-0.05, 0) is 56.0 Å². The highest BCUT2D eigenvalue weighted by molar-refractivity contribution is 6.13. The SMILES string of the molecule is CCCCCCc1cc(C(=O)c2ccccc2O)c(C)c(C(=O)OCC)c1O. The smallest absolute Gasteiger partial charge is 0.342 e. The van der Waals surface area contributed by atoms with Gasteiger partial charge in [-0.2, -0.15) is 0 Å². The summed E-state index contributed by atoms with van der Waals surface area (Å²) in [5, 5.41) is 20.8. The van der Waals surface area contributed by atoms with Crippen LogP contribution in [0, 0.1) is 6.92 Å². The van der Waals surface area contributed by atoms with Crippen LogP contribution in [-0.2, 0) is 11.2 Å². The third kappa shape index (κ3) is 4.71. The fourth-order valence-corrected chi connectivity index (χ4v) is 3.26. The molecular weight excluding hydrogens is 356 g/mol. The summed E-state index contributed by atoms with van der Waals surface area (Å²) in [4.78, 5) is 25.5. The van der Waals surface area contributed by atoms with E-state index in [4.69, 9.17) is 4.74 Å². The first-order valence-electron chi connectivity index (χ1n) is 9.77. The molecule has 0 unspecified atom stereocenters. The number of aryl methyl sites for hydroxylation is 1. The molecule has 0 amide bonds. The van der Waals surface area contributed by atoms with E-state index in [2.05, 4.69) is 6.92 Å². The Kier molecular flexibility index (Phi) is 7.61. The highest BCUT2D eigenvalue weighted by Gasteiger charge is 2.25. The summed E-state index contributed by atoms with van der Waals surface area (Å²) >= 11 is 0. The summed E-state index contributed by atoms with van der Waals surface area (Å²) in [5.41, 5.74) is 1.36. The third-order valence-corrected chi connectivity index (χ3v) is 4.81. The summed E-state index contributed by atoms with van der Waals surface area (Å²) in [5.74, 6) is -1.29. The number of ether oxygens (including phenoxy) is 1. The third-order valence-electron chi connectivity index (χ3n) is 4.81. The Morgan fingerprint density at radius 2 is 1.71 bits per heavy atom. The van der Waals surface area contributed by atoms with E-state index in [0.29, 0.717) is 17.5 Å². The lowest BCUT2D eigenvalue weighted by Crippen LogP contribution is -2.13. The maximum atomic E-state index is 13.1. The van der Waals surface area contributed by atoms with Gasteiger partial charge in [0.2, 0.25) is 0 Å². The van der Waals surface area contributed by atoms with Crippen LogP contribution < -0.4 is 0 Å². The summed E-state index contributed by atoms with van der Waals surface area (Å²) < 4.78 is 5.09. The van der Waals surface area contributed by atoms with E-state index in [1.165, 1.54) is 12.1 Å². The molecule has 0 spiro atoms. The number of phenolic OH excluding ortho intramolecular Hbond substituents is 2. The molecular formula is C23H28O5. The molecule has 0 aromatic heterocycles. The Balaban J connectivity index is 2.54. The lowest BCUT2D eigenvalue weighted by Gasteiger charge is -2.16. The van der Waals surface area contributed by atoms with Crippen molar-refractivity contribution in [1.29, 1.82) is 0 Å². The summed E-state index contributed by atoms with van der Waals surface area (Å²) in [6, 6.07) is 7.92. The molecule has 0 saturated carbocycles. The quantitative estimate of drug-likeness (QED) is 0.363. The van der Waals surface area contributed by atoms with Crippen molar-refractivity contribution in [2.45, 2.75) is 52.9 Å². The topological polar surface area (TPSA) is 83.8 Å². The van der Waals surface area contributed by atoms with Gasteiger partial charge in [0.05, 0.1) is 12.2 Å². The van der Waals surface area contributed by atoms with Crippen LogP contribution in [0.15, 0.2) is 30.3 Å². The second-order valence-corrected chi connectivity index (χ2v) is 6.81. The van der Waals surface area contributed by atoms with E-state index >= 15 is 0 Å². The molecule has 2 aromatic rings. The fraction of sp³-hybridized carbons (Fsp3) is 0.391.